The predicted molar refractivity (Wildman–Crippen MR) is 97.4 cm³/mol. The van der Waals surface area contributed by atoms with Gasteiger partial charge in [-0.25, -0.2) is 4.39 Å². The van der Waals surface area contributed by atoms with Crippen LogP contribution in [0, 0.1) is 5.82 Å². The van der Waals surface area contributed by atoms with Crippen LogP contribution in [0.3, 0.4) is 0 Å². The zero-order valence-electron chi connectivity index (χ0n) is 14.7. The van der Waals surface area contributed by atoms with E-state index < -0.39 is 5.82 Å². The van der Waals surface area contributed by atoms with Crippen molar-refractivity contribution in [3.63, 3.8) is 0 Å². The largest absolute Gasteiger partial charge is 0.329 e. The van der Waals surface area contributed by atoms with E-state index in [1.807, 2.05) is 17.0 Å². The average molecular weight is 352 g/mol. The highest BCUT2D eigenvalue weighted by Gasteiger charge is 2.41. The van der Waals surface area contributed by atoms with E-state index in [-0.39, 0.29) is 29.5 Å². The van der Waals surface area contributed by atoms with Crippen molar-refractivity contribution in [1.82, 2.24) is 4.90 Å². The van der Waals surface area contributed by atoms with Gasteiger partial charge >= 0.3 is 0 Å². The quantitative estimate of drug-likeness (QED) is 0.901. The first-order valence-electron chi connectivity index (χ1n) is 9.02. The number of hydrogen-bond acceptors (Lipinski definition) is 2. The van der Waals surface area contributed by atoms with Gasteiger partial charge in [-0.05, 0) is 55.0 Å². The lowest BCUT2D eigenvalue weighted by Crippen LogP contribution is -2.36. The van der Waals surface area contributed by atoms with Crippen LogP contribution in [0.5, 0.6) is 0 Å². The van der Waals surface area contributed by atoms with E-state index in [0.717, 1.165) is 25.7 Å². The van der Waals surface area contributed by atoms with E-state index in [2.05, 4.69) is 17.4 Å². The standard InChI is InChI=1S/C21H21FN2O2/c1-13(25)23-15-7-10-19(22)18(12-15)21(26)24(16-8-9-16)20-11-6-14-4-2-3-5-17(14)20/h2-5,7,10,12,16,20H,6,8-9,11H2,1H3,(H,23,25)/t20-/m1/s1. The molecule has 26 heavy (non-hydrogen) atoms. The Kier molecular flexibility index (Phi) is 4.23. The number of carbonyl (C=O) groups excluding carboxylic acids is 2. The van der Waals surface area contributed by atoms with Crippen LogP contribution in [0.1, 0.15) is 53.7 Å². The summed E-state index contributed by atoms with van der Waals surface area (Å²) >= 11 is 0. The van der Waals surface area contributed by atoms with Gasteiger partial charge in [0.25, 0.3) is 5.91 Å². The first-order valence-corrected chi connectivity index (χ1v) is 9.02. The molecule has 5 heteroatoms. The molecule has 0 saturated heterocycles. The molecule has 0 radical (unpaired) electrons. The van der Waals surface area contributed by atoms with E-state index in [1.54, 1.807) is 0 Å². The van der Waals surface area contributed by atoms with Gasteiger partial charge in [-0.2, -0.15) is 0 Å². The molecule has 0 aliphatic heterocycles. The number of halogens is 1. The molecule has 1 atom stereocenters. The summed E-state index contributed by atoms with van der Waals surface area (Å²) in [4.78, 5) is 26.4. The van der Waals surface area contributed by atoms with Gasteiger partial charge < -0.3 is 10.2 Å². The van der Waals surface area contributed by atoms with E-state index in [9.17, 15) is 14.0 Å². The van der Waals surface area contributed by atoms with Crippen molar-refractivity contribution >= 4 is 17.5 Å². The van der Waals surface area contributed by atoms with Gasteiger partial charge in [0.05, 0.1) is 11.6 Å². The van der Waals surface area contributed by atoms with Crippen LogP contribution >= 0.6 is 0 Å². The number of amides is 2. The van der Waals surface area contributed by atoms with Crippen molar-refractivity contribution < 1.29 is 14.0 Å². The highest BCUT2D eigenvalue weighted by atomic mass is 19.1. The molecular weight excluding hydrogens is 331 g/mol. The number of nitrogens with one attached hydrogen (secondary N) is 1. The minimum absolute atomic E-state index is 0.00461. The van der Waals surface area contributed by atoms with Gasteiger partial charge in [0, 0.05) is 18.7 Å². The molecule has 0 aromatic heterocycles. The summed E-state index contributed by atoms with van der Waals surface area (Å²) in [7, 11) is 0. The summed E-state index contributed by atoms with van der Waals surface area (Å²) < 4.78 is 14.4. The van der Waals surface area contributed by atoms with Gasteiger partial charge in [0.2, 0.25) is 5.91 Å². The molecule has 4 rings (SSSR count). The van der Waals surface area contributed by atoms with E-state index in [1.165, 1.54) is 36.2 Å². The lowest BCUT2D eigenvalue weighted by molar-refractivity contribution is -0.114. The number of aryl methyl sites for hydroxylation is 1. The smallest absolute Gasteiger partial charge is 0.257 e. The summed E-state index contributed by atoms with van der Waals surface area (Å²) in [5, 5.41) is 2.62. The Morgan fingerprint density at radius 3 is 2.62 bits per heavy atom. The Morgan fingerprint density at radius 1 is 1.12 bits per heavy atom. The number of benzene rings is 2. The number of hydrogen-bond donors (Lipinski definition) is 1. The number of anilines is 1. The number of rotatable bonds is 4. The van der Waals surface area contributed by atoms with Gasteiger partial charge in [-0.3, -0.25) is 9.59 Å². The Bertz CT molecular complexity index is 876. The highest BCUT2D eigenvalue weighted by Crippen LogP contribution is 2.42. The molecule has 2 aliphatic carbocycles. The Hall–Kier alpha value is -2.69. The highest BCUT2D eigenvalue weighted by molar-refractivity contribution is 5.97. The van der Waals surface area contributed by atoms with Crippen molar-refractivity contribution in [3.8, 4) is 0 Å². The van der Waals surface area contributed by atoms with Crippen LogP contribution in [0.15, 0.2) is 42.5 Å². The molecule has 2 aromatic carbocycles. The van der Waals surface area contributed by atoms with Gasteiger partial charge in [0.15, 0.2) is 0 Å². The Labute approximate surface area is 152 Å². The first-order chi connectivity index (χ1) is 12.5. The lowest BCUT2D eigenvalue weighted by atomic mass is 10.0. The molecule has 0 unspecified atom stereocenters. The molecule has 0 bridgehead atoms. The molecule has 0 heterocycles. The van der Waals surface area contributed by atoms with Gasteiger partial charge in [-0.15, -0.1) is 0 Å². The summed E-state index contributed by atoms with van der Waals surface area (Å²) in [5.74, 6) is -1.10. The second-order valence-corrected chi connectivity index (χ2v) is 7.07. The molecular formula is C21H21FN2O2. The first kappa shape index (κ1) is 16.8. The zero-order valence-corrected chi connectivity index (χ0v) is 14.7. The topological polar surface area (TPSA) is 49.4 Å². The van der Waals surface area contributed by atoms with Crippen molar-refractivity contribution in [3.05, 3.63) is 65.0 Å². The fraction of sp³-hybridized carbons (Fsp3) is 0.333. The van der Waals surface area contributed by atoms with Gasteiger partial charge in [0.1, 0.15) is 5.82 Å². The maximum absolute atomic E-state index is 14.4. The molecule has 2 aromatic rings. The minimum atomic E-state index is -0.555. The number of carbonyl (C=O) groups is 2. The molecule has 2 amide bonds. The van der Waals surface area contributed by atoms with Crippen molar-refractivity contribution in [1.29, 1.82) is 0 Å². The van der Waals surface area contributed by atoms with Crippen LogP contribution < -0.4 is 5.32 Å². The summed E-state index contributed by atoms with van der Waals surface area (Å²) in [6.07, 6.45) is 3.72. The van der Waals surface area contributed by atoms with Crippen molar-refractivity contribution in [2.24, 2.45) is 0 Å². The molecule has 0 spiro atoms. The fourth-order valence-corrected chi connectivity index (χ4v) is 3.85. The van der Waals surface area contributed by atoms with E-state index in [4.69, 9.17) is 0 Å². The SMILES string of the molecule is CC(=O)Nc1ccc(F)c(C(=O)N(C2CC2)[C@@H]2CCc3ccccc32)c1. The summed E-state index contributed by atoms with van der Waals surface area (Å²) in [6, 6.07) is 12.5. The van der Waals surface area contributed by atoms with E-state index >= 15 is 0 Å². The average Bonchev–Trinajstić information content (AvgIpc) is 3.36. The molecule has 1 fully saturated rings. The molecule has 134 valence electrons. The number of fused-ring (bicyclic) bond motifs is 1. The third-order valence-electron chi connectivity index (χ3n) is 5.13. The maximum atomic E-state index is 14.4. The van der Waals surface area contributed by atoms with Crippen LogP contribution in [0.2, 0.25) is 0 Å². The Balaban J connectivity index is 1.68. The minimum Gasteiger partial charge on any atom is -0.329 e. The second kappa shape index (κ2) is 6.56. The summed E-state index contributed by atoms with van der Waals surface area (Å²) in [6.45, 7) is 1.39. The number of nitrogens with zero attached hydrogens (tertiary/aromatic N) is 1. The zero-order chi connectivity index (χ0) is 18.3. The van der Waals surface area contributed by atoms with Crippen molar-refractivity contribution in [2.45, 2.75) is 44.7 Å². The third kappa shape index (κ3) is 3.09. The van der Waals surface area contributed by atoms with E-state index in [0.29, 0.717) is 5.69 Å². The predicted octanol–water partition coefficient (Wildman–Crippen LogP) is 4.08. The monoisotopic (exact) mass is 352 g/mol. The summed E-state index contributed by atoms with van der Waals surface area (Å²) in [5.41, 5.74) is 2.90. The third-order valence-corrected chi connectivity index (χ3v) is 5.13. The normalized spacial score (nSPS) is 18.3. The lowest BCUT2D eigenvalue weighted by Gasteiger charge is -2.30. The molecule has 1 N–H and O–H groups in total. The van der Waals surface area contributed by atoms with Gasteiger partial charge in [-0.1, -0.05) is 24.3 Å². The molecule has 4 nitrogen and oxygen atoms in total. The van der Waals surface area contributed by atoms with Crippen LogP contribution in [-0.4, -0.2) is 22.8 Å². The van der Waals surface area contributed by atoms with Crippen molar-refractivity contribution in [2.75, 3.05) is 5.32 Å². The molecule has 1 saturated carbocycles. The maximum Gasteiger partial charge on any atom is 0.257 e. The van der Waals surface area contributed by atoms with Crippen LogP contribution in [-0.2, 0) is 11.2 Å². The second-order valence-electron chi connectivity index (χ2n) is 7.07. The molecule has 2 aliphatic rings. The Morgan fingerprint density at radius 2 is 1.88 bits per heavy atom. The van der Waals surface area contributed by atoms with Crippen LogP contribution in [0.25, 0.3) is 0 Å². The fourth-order valence-electron chi connectivity index (χ4n) is 3.85. The van der Waals surface area contributed by atoms with Crippen LogP contribution in [0.4, 0.5) is 10.1 Å².